The Labute approximate surface area is 157 Å². The molecular formula is C18H21N3O4S. The van der Waals surface area contributed by atoms with Gasteiger partial charge in [0.25, 0.3) is 5.91 Å². The van der Waals surface area contributed by atoms with Gasteiger partial charge in [0, 0.05) is 11.1 Å². The summed E-state index contributed by atoms with van der Waals surface area (Å²) in [6.07, 6.45) is 1.42. The van der Waals surface area contributed by atoms with Gasteiger partial charge in [-0.2, -0.15) is 0 Å². The summed E-state index contributed by atoms with van der Waals surface area (Å²) in [6, 6.07) is 8.20. The van der Waals surface area contributed by atoms with Gasteiger partial charge in [-0.15, -0.1) is 0 Å². The summed E-state index contributed by atoms with van der Waals surface area (Å²) in [5.74, 6) is 0.114. The number of ether oxygens (including phenoxy) is 1. The van der Waals surface area contributed by atoms with Crippen molar-refractivity contribution in [2.45, 2.75) is 20.8 Å². The largest absolute Gasteiger partial charge is 0.495 e. The number of carbonyl (C=O) groups excluding carboxylic acids is 2. The van der Waals surface area contributed by atoms with Crippen LogP contribution in [-0.4, -0.2) is 24.0 Å². The highest BCUT2D eigenvalue weighted by Crippen LogP contribution is 2.28. The molecule has 1 aromatic heterocycles. The monoisotopic (exact) mass is 375 g/mol. The fourth-order valence-corrected chi connectivity index (χ4v) is 2.13. The fourth-order valence-electron chi connectivity index (χ4n) is 1.93. The van der Waals surface area contributed by atoms with Crippen LogP contribution in [0, 0.1) is 5.41 Å². The molecule has 1 aromatic carbocycles. The number of anilines is 2. The Bertz CT molecular complexity index is 810. The molecule has 1 heterocycles. The van der Waals surface area contributed by atoms with E-state index in [9.17, 15) is 9.59 Å². The Hall–Kier alpha value is -2.87. The maximum absolute atomic E-state index is 12.1. The predicted molar refractivity (Wildman–Crippen MR) is 103 cm³/mol. The van der Waals surface area contributed by atoms with Gasteiger partial charge >= 0.3 is 0 Å². The maximum atomic E-state index is 12.1. The minimum Gasteiger partial charge on any atom is -0.495 e. The molecule has 0 fully saturated rings. The molecule has 0 aliphatic heterocycles. The highest BCUT2D eigenvalue weighted by atomic mass is 32.1. The van der Waals surface area contributed by atoms with E-state index in [1.807, 2.05) is 0 Å². The van der Waals surface area contributed by atoms with Crippen molar-refractivity contribution in [2.24, 2.45) is 5.41 Å². The van der Waals surface area contributed by atoms with Crippen LogP contribution in [0.1, 0.15) is 31.3 Å². The lowest BCUT2D eigenvalue weighted by atomic mass is 9.96. The molecule has 2 amide bonds. The molecule has 138 valence electrons. The number of methoxy groups -OCH3 is 1. The first kappa shape index (κ1) is 19.5. The van der Waals surface area contributed by atoms with Crippen LogP contribution >= 0.6 is 12.2 Å². The van der Waals surface area contributed by atoms with Crippen LogP contribution in [-0.2, 0) is 4.79 Å². The molecule has 2 rings (SSSR count). The fraction of sp³-hybridized carbons (Fsp3) is 0.278. The van der Waals surface area contributed by atoms with Crippen molar-refractivity contribution >= 4 is 40.5 Å². The molecule has 0 bridgehead atoms. The molecule has 0 spiro atoms. The molecule has 2 aromatic rings. The lowest BCUT2D eigenvalue weighted by Crippen LogP contribution is -2.41. The van der Waals surface area contributed by atoms with Gasteiger partial charge in [0.05, 0.1) is 19.1 Å². The Morgan fingerprint density at radius 2 is 1.88 bits per heavy atom. The lowest BCUT2D eigenvalue weighted by Gasteiger charge is -2.19. The van der Waals surface area contributed by atoms with Crippen LogP contribution in [0.3, 0.4) is 0 Å². The number of rotatable bonds is 4. The first-order valence-electron chi connectivity index (χ1n) is 7.86. The lowest BCUT2D eigenvalue weighted by molar-refractivity contribution is -0.126. The quantitative estimate of drug-likeness (QED) is 0.710. The second-order valence-corrected chi connectivity index (χ2v) is 6.91. The SMILES string of the molecule is COc1ccc(NC(=O)c2ccco2)cc1NC(=S)NC(=O)C(C)(C)C. The summed E-state index contributed by atoms with van der Waals surface area (Å²) in [7, 11) is 1.51. The van der Waals surface area contributed by atoms with Crippen LogP contribution in [0.25, 0.3) is 0 Å². The minimum atomic E-state index is -0.575. The van der Waals surface area contributed by atoms with Crippen molar-refractivity contribution in [1.29, 1.82) is 0 Å². The smallest absolute Gasteiger partial charge is 0.291 e. The number of carbonyl (C=O) groups is 2. The van der Waals surface area contributed by atoms with E-state index < -0.39 is 5.41 Å². The van der Waals surface area contributed by atoms with Crippen LogP contribution in [0.2, 0.25) is 0 Å². The molecule has 8 heteroatoms. The number of furan rings is 1. The molecule has 0 atom stereocenters. The van der Waals surface area contributed by atoms with E-state index in [-0.39, 0.29) is 22.7 Å². The Balaban J connectivity index is 2.13. The standard InChI is InChI=1S/C18H21N3O4S/c1-18(2,3)16(23)21-17(26)20-12-10-11(7-8-13(12)24-4)19-15(22)14-6-5-9-25-14/h5-10H,1-4H3,(H,19,22)(H2,20,21,23,26). The maximum Gasteiger partial charge on any atom is 0.291 e. The molecule has 26 heavy (non-hydrogen) atoms. The number of hydrogen-bond donors (Lipinski definition) is 3. The highest BCUT2D eigenvalue weighted by Gasteiger charge is 2.22. The summed E-state index contributed by atoms with van der Waals surface area (Å²) < 4.78 is 10.3. The second-order valence-electron chi connectivity index (χ2n) is 6.50. The Kier molecular flexibility index (Phi) is 5.99. The number of nitrogens with one attached hydrogen (secondary N) is 3. The van der Waals surface area contributed by atoms with Crippen molar-refractivity contribution in [2.75, 3.05) is 17.7 Å². The summed E-state index contributed by atoms with van der Waals surface area (Å²) in [5.41, 5.74) is 0.443. The summed E-state index contributed by atoms with van der Waals surface area (Å²) >= 11 is 5.18. The molecule has 3 N–H and O–H groups in total. The minimum absolute atomic E-state index is 0.137. The van der Waals surface area contributed by atoms with E-state index in [1.54, 1.807) is 51.1 Å². The Morgan fingerprint density at radius 3 is 2.46 bits per heavy atom. The van der Waals surface area contributed by atoms with Crippen molar-refractivity contribution in [3.8, 4) is 5.75 Å². The van der Waals surface area contributed by atoms with E-state index >= 15 is 0 Å². The van der Waals surface area contributed by atoms with Crippen LogP contribution in [0.5, 0.6) is 5.75 Å². The first-order chi connectivity index (χ1) is 12.2. The molecule has 0 radical (unpaired) electrons. The molecule has 0 unspecified atom stereocenters. The average molecular weight is 375 g/mol. The van der Waals surface area contributed by atoms with E-state index in [4.69, 9.17) is 21.4 Å². The molecule has 0 saturated carbocycles. The summed E-state index contributed by atoms with van der Waals surface area (Å²) in [5, 5.41) is 8.39. The number of thiocarbonyl (C=S) groups is 1. The van der Waals surface area contributed by atoms with Crippen molar-refractivity contribution in [3.63, 3.8) is 0 Å². The molecule has 0 aliphatic carbocycles. The second kappa shape index (κ2) is 8.01. The van der Waals surface area contributed by atoms with E-state index in [0.29, 0.717) is 17.1 Å². The van der Waals surface area contributed by atoms with Crippen molar-refractivity contribution < 1.29 is 18.7 Å². The highest BCUT2D eigenvalue weighted by molar-refractivity contribution is 7.80. The third kappa shape index (κ3) is 5.06. The van der Waals surface area contributed by atoms with Crippen LogP contribution in [0.4, 0.5) is 11.4 Å². The van der Waals surface area contributed by atoms with Gasteiger partial charge in [-0.05, 0) is 42.5 Å². The van der Waals surface area contributed by atoms with E-state index in [2.05, 4.69) is 16.0 Å². The zero-order valence-electron chi connectivity index (χ0n) is 15.0. The number of amides is 2. The third-order valence-electron chi connectivity index (χ3n) is 3.36. The first-order valence-corrected chi connectivity index (χ1v) is 8.27. The number of hydrogen-bond acceptors (Lipinski definition) is 5. The number of benzene rings is 1. The third-order valence-corrected chi connectivity index (χ3v) is 3.56. The van der Waals surface area contributed by atoms with E-state index in [0.717, 1.165) is 0 Å². The predicted octanol–water partition coefficient (Wildman–Crippen LogP) is 3.40. The van der Waals surface area contributed by atoms with Crippen molar-refractivity contribution in [1.82, 2.24) is 5.32 Å². The average Bonchev–Trinajstić information content (AvgIpc) is 3.08. The molecule has 7 nitrogen and oxygen atoms in total. The van der Waals surface area contributed by atoms with Gasteiger partial charge in [0.2, 0.25) is 5.91 Å². The Morgan fingerprint density at radius 1 is 1.15 bits per heavy atom. The van der Waals surface area contributed by atoms with Gasteiger partial charge in [0.1, 0.15) is 5.75 Å². The normalized spacial score (nSPS) is 10.8. The van der Waals surface area contributed by atoms with E-state index in [1.165, 1.54) is 13.4 Å². The zero-order valence-corrected chi connectivity index (χ0v) is 15.8. The summed E-state index contributed by atoms with van der Waals surface area (Å²) in [6.45, 7) is 5.36. The van der Waals surface area contributed by atoms with Gasteiger partial charge in [-0.1, -0.05) is 20.8 Å². The zero-order chi connectivity index (χ0) is 19.3. The van der Waals surface area contributed by atoms with Gasteiger partial charge in [0.15, 0.2) is 10.9 Å². The van der Waals surface area contributed by atoms with Crippen LogP contribution < -0.4 is 20.7 Å². The van der Waals surface area contributed by atoms with Crippen molar-refractivity contribution in [3.05, 3.63) is 42.4 Å². The van der Waals surface area contributed by atoms with Gasteiger partial charge in [-0.25, -0.2) is 0 Å². The molecule has 0 aliphatic rings. The molecular weight excluding hydrogens is 354 g/mol. The van der Waals surface area contributed by atoms with Gasteiger partial charge in [-0.3, -0.25) is 9.59 Å². The topological polar surface area (TPSA) is 92.6 Å². The van der Waals surface area contributed by atoms with Gasteiger partial charge < -0.3 is 25.1 Å². The molecule has 0 saturated heterocycles. The summed E-state index contributed by atoms with van der Waals surface area (Å²) in [4.78, 5) is 24.1. The van der Waals surface area contributed by atoms with Crippen LogP contribution in [0.15, 0.2) is 41.0 Å².